The summed E-state index contributed by atoms with van der Waals surface area (Å²) in [4.78, 5) is 14.4. The van der Waals surface area contributed by atoms with E-state index in [2.05, 4.69) is 20.9 Å². The third-order valence-electron chi connectivity index (χ3n) is 1.70. The van der Waals surface area contributed by atoms with E-state index in [0.717, 1.165) is 6.20 Å². The summed E-state index contributed by atoms with van der Waals surface area (Å²) in [6.45, 7) is 0. The maximum atomic E-state index is 12.5. The van der Waals surface area contributed by atoms with Crippen molar-refractivity contribution in [2.45, 2.75) is 11.8 Å². The molecule has 2 nitrogen and oxygen atoms in total. The fraction of sp³-hybridized carbons (Fsp3) is 0.250. The van der Waals surface area contributed by atoms with Gasteiger partial charge in [-0.25, -0.2) is 13.8 Å². The molecule has 0 spiro atoms. The fourth-order valence-corrected chi connectivity index (χ4v) is 2.23. The van der Waals surface area contributed by atoms with Gasteiger partial charge < -0.3 is 0 Å². The van der Waals surface area contributed by atoms with E-state index in [-0.39, 0.29) is 16.5 Å². The number of aromatic nitrogens is 1. The number of carbonyl (C=O) groups excluding carboxylic acids is 1. The molecule has 0 atom stereocenters. The first-order valence-corrected chi connectivity index (χ1v) is 5.78. The van der Waals surface area contributed by atoms with Crippen molar-refractivity contribution in [3.63, 3.8) is 0 Å². The Hall–Kier alpha value is -0.110. The zero-order chi connectivity index (χ0) is 10.7. The van der Waals surface area contributed by atoms with Gasteiger partial charge in [0.05, 0.1) is 5.56 Å². The maximum absolute atomic E-state index is 12.5. The highest BCUT2D eigenvalue weighted by molar-refractivity contribution is 14.1. The lowest BCUT2D eigenvalue weighted by atomic mass is 10.1. The van der Waals surface area contributed by atoms with Gasteiger partial charge in [0.2, 0.25) is 0 Å². The predicted molar refractivity (Wildman–Crippen MR) is 59.9 cm³/mol. The molecule has 1 rings (SSSR count). The number of aldehydes is 1. The Labute approximate surface area is 101 Å². The molecule has 6 heteroatoms. The topological polar surface area (TPSA) is 30.0 Å². The van der Waals surface area contributed by atoms with Crippen molar-refractivity contribution in [1.82, 2.24) is 4.98 Å². The quantitative estimate of drug-likeness (QED) is 0.351. The minimum atomic E-state index is -2.61. The summed E-state index contributed by atoms with van der Waals surface area (Å²) in [5, 5.41) is 0.221. The number of carbonyl (C=O) groups is 1. The van der Waals surface area contributed by atoms with Gasteiger partial charge in [-0.1, -0.05) is 15.9 Å². The van der Waals surface area contributed by atoms with E-state index < -0.39 is 6.43 Å². The molecule has 0 aliphatic rings. The molecule has 0 unspecified atom stereocenters. The lowest BCUT2D eigenvalue weighted by molar-refractivity contribution is 0.112. The second-order valence-corrected chi connectivity index (χ2v) is 4.03. The van der Waals surface area contributed by atoms with E-state index in [0.29, 0.717) is 15.6 Å². The number of pyridine rings is 1. The van der Waals surface area contributed by atoms with Gasteiger partial charge in [0.15, 0.2) is 6.29 Å². The number of hydrogen-bond acceptors (Lipinski definition) is 2. The number of hydrogen-bond donors (Lipinski definition) is 0. The molecule has 0 radical (unpaired) electrons. The van der Waals surface area contributed by atoms with Gasteiger partial charge in [-0.3, -0.25) is 4.79 Å². The Morgan fingerprint density at radius 1 is 1.64 bits per heavy atom. The van der Waals surface area contributed by atoms with Gasteiger partial charge in [-0.15, -0.1) is 0 Å². The van der Waals surface area contributed by atoms with Gasteiger partial charge >= 0.3 is 0 Å². The molecule has 0 saturated carbocycles. The van der Waals surface area contributed by atoms with Crippen molar-refractivity contribution in [3.8, 4) is 0 Å². The molecule has 0 aromatic carbocycles. The first-order chi connectivity index (χ1) is 6.61. The smallest absolute Gasteiger partial charge is 0.265 e. The Morgan fingerprint density at radius 3 is 2.71 bits per heavy atom. The SMILES string of the molecule is O=Cc1c(I)ncc(C(F)F)c1CBr. The summed E-state index contributed by atoms with van der Waals surface area (Å²) in [7, 11) is 0. The molecule has 0 aliphatic carbocycles. The Kier molecular flexibility index (Phi) is 4.36. The van der Waals surface area contributed by atoms with E-state index in [9.17, 15) is 13.6 Å². The van der Waals surface area contributed by atoms with E-state index in [4.69, 9.17) is 0 Å². The molecule has 0 bridgehead atoms. The number of alkyl halides is 3. The predicted octanol–water partition coefficient (Wildman–Crippen LogP) is 3.33. The van der Waals surface area contributed by atoms with Crippen molar-refractivity contribution in [1.29, 1.82) is 0 Å². The zero-order valence-corrected chi connectivity index (χ0v) is 10.5. The third-order valence-corrected chi connectivity index (χ3v) is 3.12. The van der Waals surface area contributed by atoms with Gasteiger partial charge in [-0.2, -0.15) is 0 Å². The summed E-state index contributed by atoms with van der Waals surface area (Å²) in [6.07, 6.45) is -0.946. The van der Waals surface area contributed by atoms with Crippen molar-refractivity contribution in [2.75, 3.05) is 0 Å². The van der Waals surface area contributed by atoms with Crippen molar-refractivity contribution >= 4 is 44.8 Å². The summed E-state index contributed by atoms with van der Waals surface area (Å²) in [5.41, 5.74) is 0.360. The van der Waals surface area contributed by atoms with Crippen LogP contribution in [0.25, 0.3) is 0 Å². The van der Waals surface area contributed by atoms with Crippen LogP contribution in [0.2, 0.25) is 0 Å². The highest BCUT2D eigenvalue weighted by atomic mass is 127. The summed E-state index contributed by atoms with van der Waals surface area (Å²) in [5.74, 6) is 0. The van der Waals surface area contributed by atoms with Crippen LogP contribution < -0.4 is 0 Å². The van der Waals surface area contributed by atoms with Crippen LogP contribution in [0.4, 0.5) is 8.78 Å². The standard InChI is InChI=1S/C8H5BrF2INO/c9-1-4-5(7(10)11)2-13-8(12)6(4)3-14/h2-3,7H,1H2. The zero-order valence-electron chi connectivity index (χ0n) is 6.81. The molecule has 1 aromatic rings. The highest BCUT2D eigenvalue weighted by Crippen LogP contribution is 2.27. The molecule has 0 saturated heterocycles. The summed E-state index contributed by atoms with van der Waals surface area (Å²) in [6, 6.07) is 0. The van der Waals surface area contributed by atoms with Gasteiger partial charge in [-0.05, 0) is 28.2 Å². The Balaban J connectivity index is 3.40. The van der Waals surface area contributed by atoms with Crippen LogP contribution >= 0.6 is 38.5 Å². The van der Waals surface area contributed by atoms with Gasteiger partial charge in [0.1, 0.15) is 3.70 Å². The largest absolute Gasteiger partial charge is 0.298 e. The van der Waals surface area contributed by atoms with Crippen LogP contribution in [0.1, 0.15) is 27.9 Å². The molecule has 76 valence electrons. The molecule has 14 heavy (non-hydrogen) atoms. The average Bonchev–Trinajstić information content (AvgIpc) is 2.16. The number of nitrogens with zero attached hydrogens (tertiary/aromatic N) is 1. The van der Waals surface area contributed by atoms with Crippen molar-refractivity contribution in [3.05, 3.63) is 26.6 Å². The third kappa shape index (κ3) is 2.28. The lowest BCUT2D eigenvalue weighted by Crippen LogP contribution is -2.03. The van der Waals surface area contributed by atoms with Crippen LogP contribution in [-0.2, 0) is 5.33 Å². The molecule has 0 amide bonds. The van der Waals surface area contributed by atoms with E-state index in [1.54, 1.807) is 0 Å². The molecular weight excluding hydrogens is 371 g/mol. The molecule has 1 aromatic heterocycles. The average molecular weight is 376 g/mol. The molecule has 0 N–H and O–H groups in total. The van der Waals surface area contributed by atoms with Crippen LogP contribution in [0, 0.1) is 3.70 Å². The summed E-state index contributed by atoms with van der Waals surface area (Å²) >= 11 is 4.92. The minimum Gasteiger partial charge on any atom is -0.298 e. The summed E-state index contributed by atoms with van der Waals surface area (Å²) < 4.78 is 25.4. The van der Waals surface area contributed by atoms with Gasteiger partial charge in [0, 0.05) is 17.1 Å². The number of halogens is 4. The fourth-order valence-electron chi connectivity index (χ4n) is 1.01. The van der Waals surface area contributed by atoms with E-state index >= 15 is 0 Å². The number of rotatable bonds is 3. The van der Waals surface area contributed by atoms with Crippen LogP contribution in [0.15, 0.2) is 6.20 Å². The molecule has 0 aliphatic heterocycles. The van der Waals surface area contributed by atoms with E-state index in [1.165, 1.54) is 0 Å². The van der Waals surface area contributed by atoms with Gasteiger partial charge in [0.25, 0.3) is 6.43 Å². The van der Waals surface area contributed by atoms with Crippen LogP contribution in [-0.4, -0.2) is 11.3 Å². The van der Waals surface area contributed by atoms with Crippen LogP contribution in [0.5, 0.6) is 0 Å². The van der Waals surface area contributed by atoms with E-state index in [1.807, 2.05) is 22.6 Å². The van der Waals surface area contributed by atoms with Crippen LogP contribution in [0.3, 0.4) is 0 Å². The second kappa shape index (κ2) is 5.11. The second-order valence-electron chi connectivity index (χ2n) is 2.45. The highest BCUT2D eigenvalue weighted by Gasteiger charge is 2.18. The monoisotopic (exact) mass is 375 g/mol. The maximum Gasteiger partial charge on any atom is 0.265 e. The first kappa shape index (κ1) is 12.0. The lowest BCUT2D eigenvalue weighted by Gasteiger charge is -2.09. The normalized spacial score (nSPS) is 10.6. The van der Waals surface area contributed by atoms with Crippen molar-refractivity contribution in [2.24, 2.45) is 0 Å². The first-order valence-electron chi connectivity index (χ1n) is 3.58. The van der Waals surface area contributed by atoms with Crippen molar-refractivity contribution < 1.29 is 13.6 Å². The molecule has 1 heterocycles. The molecular formula is C8H5BrF2INO. The molecule has 0 fully saturated rings. The minimum absolute atomic E-state index is 0.190. The Morgan fingerprint density at radius 2 is 2.29 bits per heavy atom. The Bertz CT molecular complexity index is 359.